The van der Waals surface area contributed by atoms with Crippen molar-refractivity contribution in [2.75, 3.05) is 32.7 Å². The molecule has 0 aliphatic carbocycles. The Morgan fingerprint density at radius 1 is 1.06 bits per heavy atom. The highest BCUT2D eigenvalue weighted by molar-refractivity contribution is 5.13. The molecule has 1 N–H and O–H groups in total. The van der Waals surface area contributed by atoms with Gasteiger partial charge in [-0.2, -0.15) is 0 Å². The average Bonchev–Trinajstić information content (AvgIpc) is 2.62. The average molecular weight is 221 g/mol. The van der Waals surface area contributed by atoms with Gasteiger partial charge >= 0.3 is 0 Å². The van der Waals surface area contributed by atoms with E-state index in [1.54, 1.807) is 0 Å². The van der Waals surface area contributed by atoms with Crippen molar-refractivity contribution in [3.8, 4) is 0 Å². The van der Waals surface area contributed by atoms with Gasteiger partial charge in [-0.3, -0.25) is 0 Å². The van der Waals surface area contributed by atoms with Crippen LogP contribution in [-0.4, -0.2) is 42.2 Å². The van der Waals surface area contributed by atoms with Crippen LogP contribution < -0.4 is 5.32 Å². The molecule has 0 aromatic carbocycles. The summed E-state index contributed by atoms with van der Waals surface area (Å²) in [5, 5.41) is 3.39. The number of piperazine rings is 1. The molecule has 0 saturated carbocycles. The van der Waals surface area contributed by atoms with E-state index in [1.807, 2.05) is 0 Å². The van der Waals surface area contributed by atoms with Crippen molar-refractivity contribution >= 4 is 0 Å². The maximum Gasteiger partial charge on any atom is 0.0236 e. The van der Waals surface area contributed by atoms with Gasteiger partial charge < -0.3 is 14.8 Å². The van der Waals surface area contributed by atoms with E-state index in [0.29, 0.717) is 0 Å². The summed E-state index contributed by atoms with van der Waals surface area (Å²) in [6.07, 6.45) is 1.26. The molecule has 0 spiro atoms. The Hall–Kier alpha value is -0.800. The summed E-state index contributed by atoms with van der Waals surface area (Å²) in [7, 11) is 0. The summed E-state index contributed by atoms with van der Waals surface area (Å²) in [4.78, 5) is 2.56. The van der Waals surface area contributed by atoms with E-state index in [-0.39, 0.29) is 0 Å². The molecule has 1 fully saturated rings. The molecule has 16 heavy (non-hydrogen) atoms. The normalized spacial score (nSPS) is 17.9. The first kappa shape index (κ1) is 11.7. The molecule has 1 aliphatic rings. The first-order chi connectivity index (χ1) is 7.77. The third-order valence-corrected chi connectivity index (χ3v) is 3.48. The van der Waals surface area contributed by atoms with E-state index in [9.17, 15) is 0 Å². The van der Waals surface area contributed by atoms with Crippen molar-refractivity contribution in [3.05, 3.63) is 23.5 Å². The fourth-order valence-electron chi connectivity index (χ4n) is 2.44. The minimum Gasteiger partial charge on any atom is -0.349 e. The molecule has 0 bridgehead atoms. The lowest BCUT2D eigenvalue weighted by Crippen LogP contribution is -2.43. The van der Waals surface area contributed by atoms with Crippen LogP contribution in [0.25, 0.3) is 0 Å². The molecule has 2 rings (SSSR count). The largest absolute Gasteiger partial charge is 0.349 e. The summed E-state index contributed by atoms with van der Waals surface area (Å²) in [5.41, 5.74) is 2.77. The molecule has 0 amide bonds. The zero-order valence-corrected chi connectivity index (χ0v) is 10.5. The van der Waals surface area contributed by atoms with Crippen molar-refractivity contribution in [2.24, 2.45) is 0 Å². The van der Waals surface area contributed by atoms with E-state index >= 15 is 0 Å². The summed E-state index contributed by atoms with van der Waals surface area (Å²) < 4.78 is 2.42. The molecule has 1 aliphatic heterocycles. The second kappa shape index (κ2) is 5.51. The van der Waals surface area contributed by atoms with Crippen LogP contribution in [0.5, 0.6) is 0 Å². The third kappa shape index (κ3) is 2.86. The number of aryl methyl sites for hydroxylation is 2. The molecule has 0 unspecified atom stereocenters. The summed E-state index contributed by atoms with van der Waals surface area (Å²) >= 11 is 0. The molecule has 0 radical (unpaired) electrons. The maximum atomic E-state index is 3.39. The monoisotopic (exact) mass is 221 g/mol. The summed E-state index contributed by atoms with van der Waals surface area (Å²) in [6, 6.07) is 4.42. The van der Waals surface area contributed by atoms with Crippen molar-refractivity contribution in [2.45, 2.75) is 26.8 Å². The van der Waals surface area contributed by atoms with Crippen LogP contribution in [0.1, 0.15) is 17.8 Å². The lowest BCUT2D eigenvalue weighted by atomic mass is 10.3. The Kier molecular flexibility index (Phi) is 4.02. The van der Waals surface area contributed by atoms with Crippen LogP contribution in [0.3, 0.4) is 0 Å². The molecule has 0 atom stereocenters. The Labute approximate surface area is 98.4 Å². The third-order valence-electron chi connectivity index (χ3n) is 3.48. The Morgan fingerprint density at radius 3 is 2.31 bits per heavy atom. The molecule has 90 valence electrons. The summed E-state index contributed by atoms with van der Waals surface area (Å²) in [6.45, 7) is 11.5. The number of nitrogens with zero attached hydrogens (tertiary/aromatic N) is 2. The number of nitrogens with one attached hydrogen (secondary N) is 1. The minimum absolute atomic E-state index is 1.15. The van der Waals surface area contributed by atoms with Crippen LogP contribution >= 0.6 is 0 Å². The molecule has 1 aromatic heterocycles. The van der Waals surface area contributed by atoms with Gasteiger partial charge in [0.05, 0.1) is 0 Å². The fourth-order valence-corrected chi connectivity index (χ4v) is 2.44. The number of aromatic nitrogens is 1. The van der Waals surface area contributed by atoms with Crippen molar-refractivity contribution in [1.82, 2.24) is 14.8 Å². The van der Waals surface area contributed by atoms with Gasteiger partial charge in [0.15, 0.2) is 0 Å². The van der Waals surface area contributed by atoms with Crippen molar-refractivity contribution < 1.29 is 0 Å². The van der Waals surface area contributed by atoms with E-state index in [2.05, 4.69) is 40.8 Å². The fraction of sp³-hybridized carbons (Fsp3) is 0.692. The lowest BCUT2D eigenvalue weighted by molar-refractivity contribution is 0.234. The minimum atomic E-state index is 1.15. The van der Waals surface area contributed by atoms with Crippen molar-refractivity contribution in [3.63, 3.8) is 0 Å². The van der Waals surface area contributed by atoms with Crippen LogP contribution in [0.15, 0.2) is 12.1 Å². The second-order valence-electron chi connectivity index (χ2n) is 4.71. The Bertz CT molecular complexity index is 304. The SMILES string of the molecule is Cc1ccc(C)n1CCCN1CCNCC1. The summed E-state index contributed by atoms with van der Waals surface area (Å²) in [5.74, 6) is 0. The number of rotatable bonds is 4. The zero-order chi connectivity index (χ0) is 11.4. The van der Waals surface area contributed by atoms with E-state index in [0.717, 1.165) is 19.6 Å². The zero-order valence-electron chi connectivity index (χ0n) is 10.5. The molecular formula is C13H23N3. The van der Waals surface area contributed by atoms with Gasteiger partial charge in [0.25, 0.3) is 0 Å². The molecule has 3 heteroatoms. The van der Waals surface area contributed by atoms with Crippen LogP contribution in [0.4, 0.5) is 0 Å². The first-order valence-corrected chi connectivity index (χ1v) is 6.33. The van der Waals surface area contributed by atoms with Crippen LogP contribution in [0.2, 0.25) is 0 Å². The van der Waals surface area contributed by atoms with Gasteiger partial charge in [-0.15, -0.1) is 0 Å². The van der Waals surface area contributed by atoms with Gasteiger partial charge in [-0.05, 0) is 38.9 Å². The Morgan fingerprint density at radius 2 is 1.69 bits per heavy atom. The van der Waals surface area contributed by atoms with Crippen LogP contribution in [0, 0.1) is 13.8 Å². The van der Waals surface area contributed by atoms with E-state index in [1.165, 1.54) is 37.4 Å². The lowest BCUT2D eigenvalue weighted by Gasteiger charge is -2.27. The molecule has 2 heterocycles. The number of hydrogen-bond acceptors (Lipinski definition) is 2. The van der Waals surface area contributed by atoms with Crippen molar-refractivity contribution in [1.29, 1.82) is 0 Å². The topological polar surface area (TPSA) is 20.2 Å². The molecular weight excluding hydrogens is 198 g/mol. The highest BCUT2D eigenvalue weighted by atomic mass is 15.2. The van der Waals surface area contributed by atoms with Crippen LogP contribution in [-0.2, 0) is 6.54 Å². The highest BCUT2D eigenvalue weighted by Gasteiger charge is 2.08. The van der Waals surface area contributed by atoms with Gasteiger partial charge in [-0.1, -0.05) is 0 Å². The predicted octanol–water partition coefficient (Wildman–Crippen LogP) is 1.40. The predicted molar refractivity (Wildman–Crippen MR) is 67.8 cm³/mol. The molecule has 1 saturated heterocycles. The van der Waals surface area contributed by atoms with Gasteiger partial charge in [0.1, 0.15) is 0 Å². The standard InChI is InChI=1S/C13H23N3/c1-12-4-5-13(2)16(12)9-3-8-15-10-6-14-7-11-15/h4-5,14H,3,6-11H2,1-2H3. The Balaban J connectivity index is 1.75. The molecule has 3 nitrogen and oxygen atoms in total. The van der Waals surface area contributed by atoms with E-state index in [4.69, 9.17) is 0 Å². The highest BCUT2D eigenvalue weighted by Crippen LogP contribution is 2.08. The quantitative estimate of drug-likeness (QED) is 0.829. The smallest absolute Gasteiger partial charge is 0.0236 e. The second-order valence-corrected chi connectivity index (χ2v) is 4.71. The number of hydrogen-bond donors (Lipinski definition) is 1. The molecule has 1 aromatic rings. The van der Waals surface area contributed by atoms with Gasteiger partial charge in [0, 0.05) is 44.1 Å². The maximum absolute atomic E-state index is 3.39. The van der Waals surface area contributed by atoms with Gasteiger partial charge in [-0.25, -0.2) is 0 Å². The first-order valence-electron chi connectivity index (χ1n) is 6.33. The van der Waals surface area contributed by atoms with Gasteiger partial charge in [0.2, 0.25) is 0 Å². The van der Waals surface area contributed by atoms with E-state index < -0.39 is 0 Å².